The van der Waals surface area contributed by atoms with E-state index in [4.69, 9.17) is 5.73 Å². The monoisotopic (exact) mass is 153 g/mol. The molecule has 0 saturated heterocycles. The van der Waals surface area contributed by atoms with Crippen LogP contribution in [0, 0.1) is 5.82 Å². The molecule has 1 aromatic rings. The van der Waals surface area contributed by atoms with Gasteiger partial charge in [-0.2, -0.15) is 0 Å². The minimum Gasteiger partial charge on any atom is -0.399 e. The third kappa shape index (κ3) is 1.93. The van der Waals surface area contributed by atoms with Gasteiger partial charge in [0.05, 0.1) is 0 Å². The fraction of sp³-hybridized carbons (Fsp3) is 0.333. The Morgan fingerprint density at radius 3 is 2.36 bits per heavy atom. The van der Waals surface area contributed by atoms with Crippen molar-refractivity contribution < 1.29 is 4.39 Å². The molecule has 1 rings (SSSR count). The van der Waals surface area contributed by atoms with Gasteiger partial charge in [-0.1, -0.05) is 13.8 Å². The number of rotatable bonds is 1. The number of hydrogen-bond donors (Lipinski definition) is 1. The maximum absolute atomic E-state index is 12.7. The van der Waals surface area contributed by atoms with E-state index in [2.05, 4.69) is 0 Å². The Kier molecular flexibility index (Phi) is 2.13. The molecular weight excluding hydrogens is 141 g/mol. The maximum Gasteiger partial charge on any atom is 0.125 e. The number of nitrogens with two attached hydrogens (primary N) is 1. The van der Waals surface area contributed by atoms with Gasteiger partial charge in [-0.3, -0.25) is 0 Å². The van der Waals surface area contributed by atoms with E-state index in [1.54, 1.807) is 6.07 Å². The van der Waals surface area contributed by atoms with E-state index in [0.29, 0.717) is 11.6 Å². The van der Waals surface area contributed by atoms with Gasteiger partial charge in [-0.15, -0.1) is 0 Å². The van der Waals surface area contributed by atoms with Crippen molar-refractivity contribution in [3.63, 3.8) is 0 Å². The highest BCUT2D eigenvalue weighted by molar-refractivity contribution is 5.42. The average molecular weight is 153 g/mol. The first-order chi connectivity index (χ1) is 5.09. The summed E-state index contributed by atoms with van der Waals surface area (Å²) in [5.74, 6) is 0.0710. The Morgan fingerprint density at radius 2 is 1.91 bits per heavy atom. The van der Waals surface area contributed by atoms with E-state index >= 15 is 0 Å². The molecule has 0 aliphatic rings. The summed E-state index contributed by atoms with van der Waals surface area (Å²) >= 11 is 0. The summed E-state index contributed by atoms with van der Waals surface area (Å²) in [5, 5.41) is 0. The standard InChI is InChI=1S/C9H12FN/c1-6(2)7-3-8(10)5-9(11)4-7/h3-6H,11H2,1-2H3. The van der Waals surface area contributed by atoms with Crippen LogP contribution in [0.4, 0.5) is 10.1 Å². The summed E-state index contributed by atoms with van der Waals surface area (Å²) in [6.07, 6.45) is 0. The molecule has 2 heteroatoms. The number of anilines is 1. The molecule has 0 saturated carbocycles. The van der Waals surface area contributed by atoms with Crippen molar-refractivity contribution in [3.05, 3.63) is 29.6 Å². The molecule has 0 radical (unpaired) electrons. The van der Waals surface area contributed by atoms with Crippen LogP contribution in [0.1, 0.15) is 25.3 Å². The number of nitrogen functional groups attached to an aromatic ring is 1. The first kappa shape index (κ1) is 8.05. The van der Waals surface area contributed by atoms with Crippen molar-refractivity contribution >= 4 is 5.69 Å². The predicted octanol–water partition coefficient (Wildman–Crippen LogP) is 2.53. The van der Waals surface area contributed by atoms with Gasteiger partial charge in [0.25, 0.3) is 0 Å². The van der Waals surface area contributed by atoms with Crippen molar-refractivity contribution in [2.45, 2.75) is 19.8 Å². The molecule has 0 bridgehead atoms. The molecule has 0 unspecified atom stereocenters. The molecule has 60 valence electrons. The quantitative estimate of drug-likeness (QED) is 0.616. The fourth-order valence-electron chi connectivity index (χ4n) is 0.969. The lowest BCUT2D eigenvalue weighted by Crippen LogP contribution is -1.92. The Bertz CT molecular complexity index is 235. The molecule has 0 amide bonds. The highest BCUT2D eigenvalue weighted by Crippen LogP contribution is 2.18. The Hall–Kier alpha value is -1.05. The highest BCUT2D eigenvalue weighted by Gasteiger charge is 2.01. The van der Waals surface area contributed by atoms with Gasteiger partial charge in [0.1, 0.15) is 5.82 Å². The van der Waals surface area contributed by atoms with Crippen molar-refractivity contribution in [1.29, 1.82) is 0 Å². The van der Waals surface area contributed by atoms with Crippen LogP contribution < -0.4 is 5.73 Å². The van der Waals surface area contributed by atoms with Crippen LogP contribution in [0.2, 0.25) is 0 Å². The lowest BCUT2D eigenvalue weighted by Gasteiger charge is -2.05. The molecule has 1 aromatic carbocycles. The molecule has 0 aromatic heterocycles. The van der Waals surface area contributed by atoms with Gasteiger partial charge in [-0.05, 0) is 29.7 Å². The van der Waals surface area contributed by atoms with E-state index in [1.165, 1.54) is 12.1 Å². The first-order valence-electron chi connectivity index (χ1n) is 3.65. The average Bonchev–Trinajstić information content (AvgIpc) is 1.85. The van der Waals surface area contributed by atoms with Gasteiger partial charge in [0.15, 0.2) is 0 Å². The van der Waals surface area contributed by atoms with E-state index in [1.807, 2.05) is 13.8 Å². The van der Waals surface area contributed by atoms with Crippen LogP contribution in [0.3, 0.4) is 0 Å². The van der Waals surface area contributed by atoms with Gasteiger partial charge >= 0.3 is 0 Å². The summed E-state index contributed by atoms with van der Waals surface area (Å²) < 4.78 is 12.7. The van der Waals surface area contributed by atoms with Crippen LogP contribution >= 0.6 is 0 Å². The molecule has 0 spiro atoms. The second-order valence-electron chi connectivity index (χ2n) is 2.97. The molecule has 1 nitrogen and oxygen atoms in total. The molecule has 2 N–H and O–H groups in total. The minimum atomic E-state index is -0.256. The van der Waals surface area contributed by atoms with Gasteiger partial charge in [0, 0.05) is 5.69 Å². The Balaban J connectivity index is 3.08. The van der Waals surface area contributed by atoms with Crippen LogP contribution in [-0.4, -0.2) is 0 Å². The molecule has 0 aliphatic heterocycles. The minimum absolute atomic E-state index is 0.256. The molecule has 0 atom stereocenters. The van der Waals surface area contributed by atoms with Crippen LogP contribution in [0.5, 0.6) is 0 Å². The number of benzene rings is 1. The van der Waals surface area contributed by atoms with Crippen molar-refractivity contribution in [1.82, 2.24) is 0 Å². The molecular formula is C9H12FN. The van der Waals surface area contributed by atoms with Crippen molar-refractivity contribution in [2.75, 3.05) is 5.73 Å². The third-order valence-corrected chi connectivity index (χ3v) is 1.61. The lowest BCUT2D eigenvalue weighted by atomic mass is 10.0. The van der Waals surface area contributed by atoms with E-state index in [-0.39, 0.29) is 5.82 Å². The van der Waals surface area contributed by atoms with Gasteiger partial charge in [0.2, 0.25) is 0 Å². The smallest absolute Gasteiger partial charge is 0.125 e. The summed E-state index contributed by atoms with van der Waals surface area (Å²) in [4.78, 5) is 0. The van der Waals surface area contributed by atoms with Crippen molar-refractivity contribution in [3.8, 4) is 0 Å². The molecule has 0 aliphatic carbocycles. The summed E-state index contributed by atoms with van der Waals surface area (Å²) in [5.41, 5.74) is 6.90. The second kappa shape index (κ2) is 2.91. The van der Waals surface area contributed by atoms with Crippen LogP contribution in [0.15, 0.2) is 18.2 Å². The largest absolute Gasteiger partial charge is 0.399 e. The van der Waals surface area contributed by atoms with E-state index < -0.39 is 0 Å². The zero-order valence-corrected chi connectivity index (χ0v) is 6.76. The van der Waals surface area contributed by atoms with Crippen LogP contribution in [0.25, 0.3) is 0 Å². The zero-order valence-electron chi connectivity index (χ0n) is 6.76. The Labute approximate surface area is 66.0 Å². The number of halogens is 1. The maximum atomic E-state index is 12.7. The summed E-state index contributed by atoms with van der Waals surface area (Å²) in [6.45, 7) is 4.02. The van der Waals surface area contributed by atoms with Gasteiger partial charge in [-0.25, -0.2) is 4.39 Å². The second-order valence-corrected chi connectivity index (χ2v) is 2.97. The normalized spacial score (nSPS) is 10.5. The van der Waals surface area contributed by atoms with E-state index in [9.17, 15) is 4.39 Å². The molecule has 11 heavy (non-hydrogen) atoms. The third-order valence-electron chi connectivity index (χ3n) is 1.61. The first-order valence-corrected chi connectivity index (χ1v) is 3.65. The Morgan fingerprint density at radius 1 is 1.27 bits per heavy atom. The fourth-order valence-corrected chi connectivity index (χ4v) is 0.969. The van der Waals surface area contributed by atoms with Gasteiger partial charge < -0.3 is 5.73 Å². The van der Waals surface area contributed by atoms with Crippen molar-refractivity contribution in [2.24, 2.45) is 0 Å². The summed E-state index contributed by atoms with van der Waals surface area (Å²) in [7, 11) is 0. The summed E-state index contributed by atoms with van der Waals surface area (Å²) in [6, 6.07) is 4.64. The van der Waals surface area contributed by atoms with E-state index in [0.717, 1.165) is 5.56 Å². The van der Waals surface area contributed by atoms with Crippen LogP contribution in [-0.2, 0) is 0 Å². The number of hydrogen-bond acceptors (Lipinski definition) is 1. The highest BCUT2D eigenvalue weighted by atomic mass is 19.1. The zero-order chi connectivity index (χ0) is 8.43. The lowest BCUT2D eigenvalue weighted by molar-refractivity contribution is 0.624. The molecule has 0 fully saturated rings. The SMILES string of the molecule is CC(C)c1cc(N)cc(F)c1. The molecule has 0 heterocycles. The topological polar surface area (TPSA) is 26.0 Å². The predicted molar refractivity (Wildman–Crippen MR) is 44.9 cm³/mol.